The summed E-state index contributed by atoms with van der Waals surface area (Å²) in [6.07, 6.45) is 1.63. The van der Waals surface area contributed by atoms with Crippen LogP contribution in [0.3, 0.4) is 0 Å². The third kappa shape index (κ3) is 5.19. The fourth-order valence-electron chi connectivity index (χ4n) is 1.21. The summed E-state index contributed by atoms with van der Waals surface area (Å²) in [5.41, 5.74) is 0. The molecule has 0 aromatic rings. The molecule has 4 nitrogen and oxygen atoms in total. The molecule has 0 aromatic heterocycles. The third-order valence-corrected chi connectivity index (χ3v) is 2.07. The molecule has 0 aliphatic carbocycles. The predicted octanol–water partition coefficient (Wildman–Crippen LogP) is 0.546. The van der Waals surface area contributed by atoms with E-state index < -0.39 is 0 Å². The molecule has 0 bridgehead atoms. The van der Waals surface area contributed by atoms with Crippen molar-refractivity contribution in [2.24, 2.45) is 5.92 Å². The largest absolute Gasteiger partial charge is 0.468 e. The zero-order valence-corrected chi connectivity index (χ0v) is 9.25. The number of esters is 1. The van der Waals surface area contributed by atoms with Crippen molar-refractivity contribution in [1.82, 2.24) is 5.32 Å². The van der Waals surface area contributed by atoms with Gasteiger partial charge in [0.15, 0.2) is 0 Å². The van der Waals surface area contributed by atoms with Gasteiger partial charge in [-0.3, -0.25) is 4.79 Å². The molecule has 14 heavy (non-hydrogen) atoms. The van der Waals surface area contributed by atoms with Crippen molar-refractivity contribution in [3.8, 4) is 0 Å². The molecular formula is C10H21NO3. The molecule has 0 heterocycles. The van der Waals surface area contributed by atoms with Crippen molar-refractivity contribution in [2.75, 3.05) is 20.3 Å². The maximum Gasteiger partial charge on any atom is 0.323 e. The summed E-state index contributed by atoms with van der Waals surface area (Å²) in [5, 5.41) is 11.7. The van der Waals surface area contributed by atoms with E-state index in [1.807, 2.05) is 13.8 Å². The second kappa shape index (κ2) is 7.76. The first kappa shape index (κ1) is 13.4. The molecule has 0 amide bonds. The van der Waals surface area contributed by atoms with Crippen LogP contribution in [-0.2, 0) is 9.53 Å². The Kier molecular flexibility index (Phi) is 7.42. The lowest BCUT2D eigenvalue weighted by atomic mass is 10.0. The molecule has 0 aromatic carbocycles. The van der Waals surface area contributed by atoms with Gasteiger partial charge in [0.2, 0.25) is 0 Å². The van der Waals surface area contributed by atoms with E-state index in [4.69, 9.17) is 5.11 Å². The van der Waals surface area contributed by atoms with Crippen molar-refractivity contribution in [3.63, 3.8) is 0 Å². The normalized spacial score (nSPS) is 12.9. The molecule has 84 valence electrons. The molecule has 0 spiro atoms. The highest BCUT2D eigenvalue weighted by atomic mass is 16.5. The third-order valence-electron chi connectivity index (χ3n) is 2.07. The number of rotatable bonds is 7. The number of methoxy groups -OCH3 is 1. The van der Waals surface area contributed by atoms with Gasteiger partial charge in [0.05, 0.1) is 7.11 Å². The van der Waals surface area contributed by atoms with E-state index in [-0.39, 0.29) is 24.5 Å². The highest BCUT2D eigenvalue weighted by molar-refractivity contribution is 5.75. The standard InChI is InChI=1S/C10H21NO3/c1-8(2)9(10(13)14-3)11-6-4-5-7-12/h8-9,11-12H,4-7H2,1-3H3. The smallest absolute Gasteiger partial charge is 0.323 e. The maximum absolute atomic E-state index is 11.3. The lowest BCUT2D eigenvalue weighted by molar-refractivity contribution is -0.144. The molecule has 2 N–H and O–H groups in total. The van der Waals surface area contributed by atoms with Crippen LogP contribution in [0.5, 0.6) is 0 Å². The van der Waals surface area contributed by atoms with Crippen LogP contribution in [0.15, 0.2) is 0 Å². The molecule has 0 saturated carbocycles. The van der Waals surface area contributed by atoms with Gasteiger partial charge < -0.3 is 15.2 Å². The molecule has 4 heteroatoms. The topological polar surface area (TPSA) is 58.6 Å². The summed E-state index contributed by atoms with van der Waals surface area (Å²) >= 11 is 0. The molecule has 0 aliphatic heterocycles. The summed E-state index contributed by atoms with van der Waals surface area (Å²) < 4.78 is 4.68. The zero-order chi connectivity index (χ0) is 11.0. The maximum atomic E-state index is 11.3. The number of carbonyl (C=O) groups excluding carboxylic acids is 1. The first-order valence-corrected chi connectivity index (χ1v) is 5.05. The fourth-order valence-corrected chi connectivity index (χ4v) is 1.21. The summed E-state index contributed by atoms with van der Waals surface area (Å²) in [5.74, 6) is 0.000532. The van der Waals surface area contributed by atoms with Crippen LogP contribution >= 0.6 is 0 Å². The number of hydrogen-bond donors (Lipinski definition) is 2. The average Bonchev–Trinajstić information content (AvgIpc) is 2.16. The number of ether oxygens (including phenoxy) is 1. The van der Waals surface area contributed by atoms with Crippen LogP contribution in [0, 0.1) is 5.92 Å². The molecule has 1 unspecified atom stereocenters. The van der Waals surface area contributed by atoms with Gasteiger partial charge in [0.25, 0.3) is 0 Å². The van der Waals surface area contributed by atoms with E-state index >= 15 is 0 Å². The molecule has 0 aliphatic rings. The van der Waals surface area contributed by atoms with Crippen molar-refractivity contribution >= 4 is 5.97 Å². The van der Waals surface area contributed by atoms with E-state index in [1.165, 1.54) is 7.11 Å². The van der Waals surface area contributed by atoms with Gasteiger partial charge in [-0.25, -0.2) is 0 Å². The van der Waals surface area contributed by atoms with E-state index in [0.717, 1.165) is 19.4 Å². The van der Waals surface area contributed by atoms with Crippen molar-refractivity contribution < 1.29 is 14.6 Å². The quantitative estimate of drug-likeness (QED) is 0.468. The number of aliphatic hydroxyl groups is 1. The van der Waals surface area contributed by atoms with Crippen LogP contribution in [0.2, 0.25) is 0 Å². The van der Waals surface area contributed by atoms with Crippen molar-refractivity contribution in [2.45, 2.75) is 32.7 Å². The summed E-state index contributed by atoms with van der Waals surface area (Å²) in [6, 6.07) is -0.237. The van der Waals surface area contributed by atoms with Crippen molar-refractivity contribution in [3.05, 3.63) is 0 Å². The first-order chi connectivity index (χ1) is 6.63. The van der Waals surface area contributed by atoms with E-state index in [2.05, 4.69) is 10.1 Å². The van der Waals surface area contributed by atoms with Gasteiger partial charge in [0.1, 0.15) is 6.04 Å². The van der Waals surface area contributed by atoms with E-state index in [1.54, 1.807) is 0 Å². The summed E-state index contributed by atoms with van der Waals surface area (Å²) in [4.78, 5) is 11.3. The molecule has 0 saturated heterocycles. The van der Waals surface area contributed by atoms with E-state index in [9.17, 15) is 4.79 Å². The Morgan fingerprint density at radius 2 is 2.07 bits per heavy atom. The molecule has 0 radical (unpaired) electrons. The monoisotopic (exact) mass is 203 g/mol. The number of unbranched alkanes of at least 4 members (excludes halogenated alkanes) is 1. The average molecular weight is 203 g/mol. The highest BCUT2D eigenvalue weighted by Gasteiger charge is 2.21. The number of aliphatic hydroxyl groups excluding tert-OH is 1. The fraction of sp³-hybridized carbons (Fsp3) is 0.900. The van der Waals surface area contributed by atoms with Gasteiger partial charge in [-0.15, -0.1) is 0 Å². The van der Waals surface area contributed by atoms with Crippen LogP contribution in [0.1, 0.15) is 26.7 Å². The van der Waals surface area contributed by atoms with Crippen LogP contribution in [0.4, 0.5) is 0 Å². The Morgan fingerprint density at radius 3 is 2.50 bits per heavy atom. The Balaban J connectivity index is 3.80. The van der Waals surface area contributed by atoms with Crippen LogP contribution < -0.4 is 5.32 Å². The zero-order valence-electron chi connectivity index (χ0n) is 9.25. The highest BCUT2D eigenvalue weighted by Crippen LogP contribution is 2.03. The second-order valence-electron chi connectivity index (χ2n) is 3.63. The van der Waals surface area contributed by atoms with E-state index in [0.29, 0.717) is 0 Å². The number of nitrogens with one attached hydrogen (secondary N) is 1. The van der Waals surface area contributed by atoms with Gasteiger partial charge in [-0.05, 0) is 25.3 Å². The van der Waals surface area contributed by atoms with Gasteiger partial charge >= 0.3 is 5.97 Å². The SMILES string of the molecule is COC(=O)C(NCCCCO)C(C)C. The minimum absolute atomic E-state index is 0.201. The van der Waals surface area contributed by atoms with Crippen LogP contribution in [-0.4, -0.2) is 37.4 Å². The Bertz CT molecular complexity index is 159. The Morgan fingerprint density at radius 1 is 1.43 bits per heavy atom. The van der Waals surface area contributed by atoms with Gasteiger partial charge in [-0.1, -0.05) is 13.8 Å². The predicted molar refractivity (Wildman–Crippen MR) is 55.0 cm³/mol. The number of hydrogen-bond acceptors (Lipinski definition) is 4. The second-order valence-corrected chi connectivity index (χ2v) is 3.63. The lowest BCUT2D eigenvalue weighted by Crippen LogP contribution is -2.42. The lowest BCUT2D eigenvalue weighted by Gasteiger charge is -2.19. The minimum atomic E-state index is -0.237. The Hall–Kier alpha value is -0.610. The number of carbonyl (C=O) groups is 1. The molecule has 1 atom stereocenters. The van der Waals surface area contributed by atoms with Gasteiger partial charge in [-0.2, -0.15) is 0 Å². The Labute approximate surface area is 85.6 Å². The first-order valence-electron chi connectivity index (χ1n) is 5.05. The summed E-state index contributed by atoms with van der Waals surface area (Å²) in [6.45, 7) is 4.88. The molecule has 0 fully saturated rings. The molecular weight excluding hydrogens is 182 g/mol. The minimum Gasteiger partial charge on any atom is -0.468 e. The van der Waals surface area contributed by atoms with Crippen molar-refractivity contribution in [1.29, 1.82) is 0 Å². The summed E-state index contributed by atoms with van der Waals surface area (Å²) in [7, 11) is 1.40. The van der Waals surface area contributed by atoms with Gasteiger partial charge in [0, 0.05) is 6.61 Å². The molecule has 0 rings (SSSR count). The van der Waals surface area contributed by atoms with Crippen LogP contribution in [0.25, 0.3) is 0 Å².